The van der Waals surface area contributed by atoms with E-state index in [2.05, 4.69) is 11.1 Å². The highest BCUT2D eigenvalue weighted by Crippen LogP contribution is 2.38. The van der Waals surface area contributed by atoms with Crippen LogP contribution in [-0.4, -0.2) is 35.5 Å². The van der Waals surface area contributed by atoms with Crippen LogP contribution in [-0.2, 0) is 0 Å². The van der Waals surface area contributed by atoms with Crippen molar-refractivity contribution in [3.63, 3.8) is 0 Å². The number of amides is 1. The molecule has 1 unspecified atom stereocenters. The number of nitrogens with one attached hydrogen (secondary N) is 1. The van der Waals surface area contributed by atoms with Crippen LogP contribution >= 0.6 is 0 Å². The second-order valence-corrected chi connectivity index (χ2v) is 6.00. The van der Waals surface area contributed by atoms with Crippen molar-refractivity contribution in [2.75, 3.05) is 19.8 Å². The van der Waals surface area contributed by atoms with Crippen molar-refractivity contribution in [3.05, 3.63) is 47.8 Å². The minimum absolute atomic E-state index is 0.0598. The van der Waals surface area contributed by atoms with Gasteiger partial charge < -0.3 is 19.4 Å². The first-order valence-electron chi connectivity index (χ1n) is 8.17. The van der Waals surface area contributed by atoms with Crippen LogP contribution in [0.25, 0.3) is 0 Å². The lowest BCUT2D eigenvalue weighted by molar-refractivity contribution is 0.0730. The van der Waals surface area contributed by atoms with Gasteiger partial charge in [0.05, 0.1) is 19.3 Å². The number of hydrogen-bond acceptors (Lipinski definition) is 3. The molecule has 1 saturated heterocycles. The fourth-order valence-corrected chi connectivity index (χ4v) is 3.36. The Hall–Kier alpha value is -2.43. The molecule has 0 aliphatic carbocycles. The number of rotatable bonds is 2. The number of fused-ring (bicyclic) bond motifs is 1. The van der Waals surface area contributed by atoms with Gasteiger partial charge in [0, 0.05) is 19.2 Å². The molecule has 4 rings (SSSR count). The van der Waals surface area contributed by atoms with E-state index < -0.39 is 0 Å². The lowest BCUT2D eigenvalue weighted by atomic mass is 10.0. The molecule has 2 aliphatic heterocycles. The summed E-state index contributed by atoms with van der Waals surface area (Å²) in [6.07, 6.45) is 4.68. The molecule has 1 aromatic carbocycles. The number of carbonyl (C=O) groups is 1. The summed E-state index contributed by atoms with van der Waals surface area (Å²) >= 11 is 0. The Kier molecular flexibility index (Phi) is 3.69. The van der Waals surface area contributed by atoms with Gasteiger partial charge in [-0.05, 0) is 42.7 Å². The maximum absolute atomic E-state index is 12.7. The first-order chi connectivity index (χ1) is 11.3. The molecule has 1 atom stereocenters. The number of carbonyl (C=O) groups excluding carboxylic acids is 1. The van der Waals surface area contributed by atoms with Crippen LogP contribution in [0, 0.1) is 0 Å². The topological polar surface area (TPSA) is 54.6 Å². The molecular weight excluding hydrogens is 292 g/mol. The highest BCUT2D eigenvalue weighted by molar-refractivity contribution is 5.92. The van der Waals surface area contributed by atoms with Crippen molar-refractivity contribution < 1.29 is 14.3 Å². The number of H-pyrrole nitrogens is 1. The predicted molar refractivity (Wildman–Crippen MR) is 85.9 cm³/mol. The predicted octanol–water partition coefficient (Wildman–Crippen LogP) is 3.15. The lowest BCUT2D eigenvalue weighted by Gasteiger charge is -2.25. The number of likely N-dealkylation sites (tertiary alicyclic amines) is 1. The third kappa shape index (κ3) is 2.67. The van der Waals surface area contributed by atoms with Gasteiger partial charge in [0.2, 0.25) is 0 Å². The summed E-state index contributed by atoms with van der Waals surface area (Å²) in [5.41, 5.74) is 1.76. The SMILES string of the molecule is O=C(c1ccc[nH]1)N1CCCC1c1ccc2c(c1)OCCCO2. The van der Waals surface area contributed by atoms with Gasteiger partial charge in [-0.2, -0.15) is 0 Å². The van der Waals surface area contributed by atoms with Crippen molar-refractivity contribution >= 4 is 5.91 Å². The molecule has 1 N–H and O–H groups in total. The Morgan fingerprint density at radius 1 is 1.13 bits per heavy atom. The number of aromatic nitrogens is 1. The standard InChI is InChI=1S/C18H20N2O3/c21-18(14-4-1-8-19-14)20-9-2-5-15(20)13-6-7-16-17(12-13)23-11-3-10-22-16/h1,4,6-8,12,15,19H,2-3,5,9-11H2. The Morgan fingerprint density at radius 3 is 2.83 bits per heavy atom. The van der Waals surface area contributed by atoms with Gasteiger partial charge in [0.15, 0.2) is 11.5 Å². The average Bonchev–Trinajstić information content (AvgIpc) is 3.22. The smallest absolute Gasteiger partial charge is 0.270 e. The molecular formula is C18H20N2O3. The largest absolute Gasteiger partial charge is 0.490 e. The molecule has 2 aromatic rings. The summed E-state index contributed by atoms with van der Waals surface area (Å²) in [6, 6.07) is 9.83. The number of ether oxygens (including phenoxy) is 2. The molecule has 120 valence electrons. The van der Waals surface area contributed by atoms with Gasteiger partial charge in [-0.15, -0.1) is 0 Å². The molecule has 2 aliphatic rings. The maximum Gasteiger partial charge on any atom is 0.270 e. The fraction of sp³-hybridized carbons (Fsp3) is 0.389. The summed E-state index contributed by atoms with van der Waals surface area (Å²) in [5.74, 6) is 1.65. The fourth-order valence-electron chi connectivity index (χ4n) is 3.36. The average molecular weight is 312 g/mol. The van der Waals surface area contributed by atoms with E-state index in [-0.39, 0.29) is 11.9 Å². The van der Waals surface area contributed by atoms with E-state index >= 15 is 0 Å². The van der Waals surface area contributed by atoms with Crippen LogP contribution in [0.2, 0.25) is 0 Å². The second-order valence-electron chi connectivity index (χ2n) is 6.00. The summed E-state index contributed by atoms with van der Waals surface area (Å²) in [6.45, 7) is 2.15. The highest BCUT2D eigenvalue weighted by Gasteiger charge is 2.31. The van der Waals surface area contributed by atoms with Gasteiger partial charge in [-0.1, -0.05) is 6.07 Å². The van der Waals surface area contributed by atoms with Crippen LogP contribution in [0.15, 0.2) is 36.5 Å². The quantitative estimate of drug-likeness (QED) is 0.927. The molecule has 0 spiro atoms. The van der Waals surface area contributed by atoms with Gasteiger partial charge in [0.1, 0.15) is 5.69 Å². The van der Waals surface area contributed by atoms with Crippen molar-refractivity contribution in [2.24, 2.45) is 0 Å². The minimum atomic E-state index is 0.0598. The van der Waals surface area contributed by atoms with Crippen molar-refractivity contribution in [3.8, 4) is 11.5 Å². The summed E-state index contributed by atoms with van der Waals surface area (Å²) in [7, 11) is 0. The van der Waals surface area contributed by atoms with Crippen LogP contribution in [0.4, 0.5) is 0 Å². The van der Waals surface area contributed by atoms with E-state index in [4.69, 9.17) is 9.47 Å². The first-order valence-corrected chi connectivity index (χ1v) is 8.17. The van der Waals surface area contributed by atoms with Crippen LogP contribution in [0.3, 0.4) is 0 Å². The molecule has 1 fully saturated rings. The highest BCUT2D eigenvalue weighted by atomic mass is 16.5. The van der Waals surface area contributed by atoms with Gasteiger partial charge in [0.25, 0.3) is 5.91 Å². The third-order valence-electron chi connectivity index (χ3n) is 4.50. The molecule has 5 nitrogen and oxygen atoms in total. The van der Waals surface area contributed by atoms with E-state index in [1.54, 1.807) is 6.20 Å². The molecule has 5 heteroatoms. The third-order valence-corrected chi connectivity index (χ3v) is 4.50. The number of aromatic amines is 1. The van der Waals surface area contributed by atoms with Crippen LogP contribution < -0.4 is 9.47 Å². The molecule has 0 radical (unpaired) electrons. The summed E-state index contributed by atoms with van der Waals surface area (Å²) in [4.78, 5) is 17.6. The van der Waals surface area contributed by atoms with Crippen LogP contribution in [0.1, 0.15) is 41.4 Å². The Labute approximate surface area is 135 Å². The monoisotopic (exact) mass is 312 g/mol. The Bertz CT molecular complexity index is 696. The zero-order valence-electron chi connectivity index (χ0n) is 13.0. The van der Waals surface area contributed by atoms with Crippen LogP contribution in [0.5, 0.6) is 11.5 Å². The van der Waals surface area contributed by atoms with Gasteiger partial charge in [-0.3, -0.25) is 4.79 Å². The number of nitrogens with zero attached hydrogens (tertiary/aromatic N) is 1. The van der Waals surface area contributed by atoms with E-state index in [9.17, 15) is 4.79 Å². The zero-order chi connectivity index (χ0) is 15.6. The van der Waals surface area contributed by atoms with Crippen molar-refractivity contribution in [1.82, 2.24) is 9.88 Å². The van der Waals surface area contributed by atoms with E-state index in [0.717, 1.165) is 42.9 Å². The van der Waals surface area contributed by atoms with E-state index in [0.29, 0.717) is 18.9 Å². The molecule has 1 amide bonds. The first kappa shape index (κ1) is 14.2. The van der Waals surface area contributed by atoms with Gasteiger partial charge in [-0.25, -0.2) is 0 Å². The molecule has 0 saturated carbocycles. The maximum atomic E-state index is 12.7. The normalized spacial score (nSPS) is 20.3. The Balaban J connectivity index is 1.61. The molecule has 0 bridgehead atoms. The van der Waals surface area contributed by atoms with E-state index in [1.165, 1.54) is 0 Å². The van der Waals surface area contributed by atoms with Crippen molar-refractivity contribution in [2.45, 2.75) is 25.3 Å². The molecule has 3 heterocycles. The Morgan fingerprint density at radius 2 is 2.00 bits per heavy atom. The number of benzene rings is 1. The second kappa shape index (κ2) is 5.99. The zero-order valence-corrected chi connectivity index (χ0v) is 13.0. The summed E-state index contributed by atoms with van der Waals surface area (Å²) in [5, 5.41) is 0. The molecule has 1 aromatic heterocycles. The summed E-state index contributed by atoms with van der Waals surface area (Å²) < 4.78 is 11.5. The van der Waals surface area contributed by atoms with Crippen molar-refractivity contribution in [1.29, 1.82) is 0 Å². The number of hydrogen-bond donors (Lipinski definition) is 1. The van der Waals surface area contributed by atoms with Gasteiger partial charge >= 0.3 is 0 Å². The minimum Gasteiger partial charge on any atom is -0.490 e. The van der Waals surface area contributed by atoms with E-state index in [1.807, 2.05) is 29.2 Å². The lowest BCUT2D eigenvalue weighted by Crippen LogP contribution is -2.30. The molecule has 23 heavy (non-hydrogen) atoms.